The van der Waals surface area contributed by atoms with Gasteiger partial charge < -0.3 is 4.74 Å². The van der Waals surface area contributed by atoms with Crippen LogP contribution in [0, 0.1) is 10.8 Å². The van der Waals surface area contributed by atoms with Crippen molar-refractivity contribution in [1.82, 2.24) is 10.0 Å². The van der Waals surface area contributed by atoms with Gasteiger partial charge in [-0.2, -0.15) is 0 Å². The lowest BCUT2D eigenvalue weighted by molar-refractivity contribution is -0.176. The maximum atomic E-state index is 13.2. The second-order valence-corrected chi connectivity index (χ2v) is 9.14. The molecular formula is C19H34N2O3. The Morgan fingerprint density at radius 3 is 2.21 bits per heavy atom. The number of hydrogen-bond donors (Lipinski definition) is 0. The zero-order chi connectivity index (χ0) is 18.1. The molecule has 138 valence electrons. The monoisotopic (exact) mass is 338 g/mol. The molecule has 0 aromatic heterocycles. The van der Waals surface area contributed by atoms with E-state index in [0.29, 0.717) is 5.41 Å². The predicted octanol–water partition coefficient (Wildman–Crippen LogP) is 3.38. The Balaban J connectivity index is 2.26. The van der Waals surface area contributed by atoms with Crippen LogP contribution in [-0.2, 0) is 14.3 Å². The van der Waals surface area contributed by atoms with Gasteiger partial charge in [0.05, 0.1) is 7.11 Å². The smallest absolute Gasteiger partial charge is 0.324 e. The summed E-state index contributed by atoms with van der Waals surface area (Å²) in [4.78, 5) is 25.4. The Hall–Kier alpha value is -1.10. The molecule has 0 radical (unpaired) electrons. The van der Waals surface area contributed by atoms with E-state index in [1.165, 1.54) is 7.11 Å². The van der Waals surface area contributed by atoms with Gasteiger partial charge in [0.15, 0.2) is 0 Å². The lowest BCUT2D eigenvalue weighted by Gasteiger charge is -2.46. The van der Waals surface area contributed by atoms with Crippen LogP contribution in [0.4, 0.5) is 0 Å². The molecular weight excluding hydrogens is 304 g/mol. The van der Waals surface area contributed by atoms with E-state index in [-0.39, 0.29) is 24.0 Å². The fourth-order valence-electron chi connectivity index (χ4n) is 3.85. The van der Waals surface area contributed by atoms with Gasteiger partial charge in [-0.15, -0.1) is 0 Å². The molecule has 2 fully saturated rings. The molecule has 1 amide bonds. The van der Waals surface area contributed by atoms with Gasteiger partial charge in [-0.25, -0.2) is 5.01 Å². The summed E-state index contributed by atoms with van der Waals surface area (Å²) in [5.41, 5.74) is -0.115. The Morgan fingerprint density at radius 2 is 1.71 bits per heavy atom. The number of hydrogen-bond acceptors (Lipinski definition) is 4. The number of esters is 1. The number of rotatable bonds is 3. The van der Waals surface area contributed by atoms with E-state index in [2.05, 4.69) is 13.8 Å². The van der Waals surface area contributed by atoms with Crippen molar-refractivity contribution in [2.45, 2.75) is 85.2 Å². The van der Waals surface area contributed by atoms with E-state index >= 15 is 0 Å². The minimum Gasteiger partial charge on any atom is -0.468 e. The first-order valence-corrected chi connectivity index (χ1v) is 9.25. The van der Waals surface area contributed by atoms with Crippen LogP contribution in [0.25, 0.3) is 0 Å². The third kappa shape index (κ3) is 4.11. The van der Waals surface area contributed by atoms with Gasteiger partial charge in [0.25, 0.3) is 0 Å². The molecule has 5 nitrogen and oxygen atoms in total. The van der Waals surface area contributed by atoms with Gasteiger partial charge in [0.1, 0.15) is 6.04 Å². The number of nitrogens with zero attached hydrogens (tertiary/aromatic N) is 2. The normalized spacial score (nSPS) is 25.5. The van der Waals surface area contributed by atoms with Crippen LogP contribution in [-0.4, -0.2) is 47.6 Å². The Kier molecular flexibility index (Phi) is 5.63. The van der Waals surface area contributed by atoms with E-state index in [0.717, 1.165) is 45.1 Å². The highest BCUT2D eigenvalue weighted by atomic mass is 16.5. The van der Waals surface area contributed by atoms with Crippen molar-refractivity contribution >= 4 is 11.9 Å². The molecule has 1 saturated heterocycles. The molecule has 0 bridgehead atoms. The maximum Gasteiger partial charge on any atom is 0.324 e. The van der Waals surface area contributed by atoms with E-state index in [1.807, 2.05) is 30.8 Å². The fraction of sp³-hybridized carbons (Fsp3) is 0.895. The van der Waals surface area contributed by atoms with Crippen LogP contribution >= 0.6 is 0 Å². The molecule has 0 aromatic carbocycles. The summed E-state index contributed by atoms with van der Waals surface area (Å²) in [5, 5.41) is 3.94. The van der Waals surface area contributed by atoms with Crippen molar-refractivity contribution < 1.29 is 14.3 Å². The molecule has 1 aliphatic heterocycles. The van der Waals surface area contributed by atoms with Gasteiger partial charge in [-0.1, -0.05) is 34.6 Å². The molecule has 2 rings (SSSR count). The first-order chi connectivity index (χ1) is 11.1. The van der Waals surface area contributed by atoms with Gasteiger partial charge >= 0.3 is 5.97 Å². The summed E-state index contributed by atoms with van der Waals surface area (Å²) in [6.45, 7) is 11.2. The minimum absolute atomic E-state index is 0.114. The number of methoxy groups -OCH3 is 1. The van der Waals surface area contributed by atoms with Crippen LogP contribution in [0.3, 0.4) is 0 Å². The summed E-state index contributed by atoms with van der Waals surface area (Å²) in [5.74, 6) is -0.113. The van der Waals surface area contributed by atoms with Crippen LogP contribution in [0.1, 0.15) is 73.1 Å². The molecule has 0 N–H and O–H groups in total. The van der Waals surface area contributed by atoms with Crippen molar-refractivity contribution in [3.8, 4) is 0 Å². The molecule has 1 unspecified atom stereocenters. The topological polar surface area (TPSA) is 49.9 Å². The van der Waals surface area contributed by atoms with Crippen LogP contribution in [0.5, 0.6) is 0 Å². The van der Waals surface area contributed by atoms with Crippen LogP contribution in [0.15, 0.2) is 0 Å². The third-order valence-corrected chi connectivity index (χ3v) is 5.48. The summed E-state index contributed by atoms with van der Waals surface area (Å²) < 4.78 is 4.98. The molecule has 1 heterocycles. The minimum atomic E-state index is -0.462. The highest BCUT2D eigenvalue weighted by Gasteiger charge is 2.44. The number of amides is 1. The highest BCUT2D eigenvalue weighted by molar-refractivity contribution is 5.82. The van der Waals surface area contributed by atoms with Gasteiger partial charge in [-0.05, 0) is 43.9 Å². The Labute approximate surface area is 146 Å². The predicted molar refractivity (Wildman–Crippen MR) is 94.1 cm³/mol. The summed E-state index contributed by atoms with van der Waals surface area (Å²) in [6.07, 6.45) is 5.91. The highest BCUT2D eigenvalue weighted by Crippen LogP contribution is 2.39. The van der Waals surface area contributed by atoms with E-state index in [9.17, 15) is 9.59 Å². The third-order valence-electron chi connectivity index (χ3n) is 5.48. The van der Waals surface area contributed by atoms with Crippen molar-refractivity contribution in [1.29, 1.82) is 0 Å². The Morgan fingerprint density at radius 1 is 1.12 bits per heavy atom. The summed E-state index contributed by atoms with van der Waals surface area (Å²) in [7, 11) is 1.43. The van der Waals surface area contributed by atoms with Crippen molar-refractivity contribution in [2.24, 2.45) is 10.8 Å². The van der Waals surface area contributed by atoms with Gasteiger partial charge in [0.2, 0.25) is 5.91 Å². The SMILES string of the molecule is COC(=O)C1CCCN1N(C(=O)C(C)(C)C)C1CCC(C)(C)CC1. The maximum absolute atomic E-state index is 13.2. The summed E-state index contributed by atoms with van der Waals surface area (Å²) in [6, 6.07) is -0.133. The molecule has 5 heteroatoms. The number of ether oxygens (including phenoxy) is 1. The molecule has 2 aliphatic rings. The fourth-order valence-corrected chi connectivity index (χ4v) is 3.85. The quantitative estimate of drug-likeness (QED) is 0.740. The van der Waals surface area contributed by atoms with Crippen molar-refractivity contribution in [3.63, 3.8) is 0 Å². The first-order valence-electron chi connectivity index (χ1n) is 9.25. The molecule has 1 aliphatic carbocycles. The van der Waals surface area contributed by atoms with Crippen molar-refractivity contribution in [2.75, 3.05) is 13.7 Å². The second-order valence-electron chi connectivity index (χ2n) is 9.14. The lowest BCUT2D eigenvalue weighted by atomic mass is 9.75. The van der Waals surface area contributed by atoms with Gasteiger partial charge in [-0.3, -0.25) is 14.6 Å². The number of carbonyl (C=O) groups is 2. The second kappa shape index (κ2) is 7.03. The number of carbonyl (C=O) groups excluding carboxylic acids is 2. The van der Waals surface area contributed by atoms with Crippen molar-refractivity contribution in [3.05, 3.63) is 0 Å². The Bertz CT molecular complexity index is 471. The zero-order valence-corrected chi connectivity index (χ0v) is 16.2. The first kappa shape index (κ1) is 19.2. The summed E-state index contributed by atoms with van der Waals surface area (Å²) >= 11 is 0. The van der Waals surface area contributed by atoms with Crippen LogP contribution in [0.2, 0.25) is 0 Å². The van der Waals surface area contributed by atoms with Gasteiger partial charge in [0, 0.05) is 18.0 Å². The molecule has 0 spiro atoms. The molecule has 1 saturated carbocycles. The number of hydrazine groups is 1. The average molecular weight is 338 g/mol. The molecule has 24 heavy (non-hydrogen) atoms. The standard InChI is InChI=1S/C19H34N2O3/c1-18(2,3)17(23)21(14-9-11-19(4,5)12-10-14)20-13-7-8-15(20)16(22)24-6/h14-15H,7-13H2,1-6H3. The van der Waals surface area contributed by atoms with E-state index in [4.69, 9.17) is 4.74 Å². The molecule has 0 aromatic rings. The van der Waals surface area contributed by atoms with E-state index < -0.39 is 5.41 Å². The molecule has 1 atom stereocenters. The lowest BCUT2D eigenvalue weighted by Crippen LogP contribution is -2.59. The van der Waals surface area contributed by atoms with Crippen LogP contribution < -0.4 is 0 Å². The zero-order valence-electron chi connectivity index (χ0n) is 16.2. The largest absolute Gasteiger partial charge is 0.468 e. The van der Waals surface area contributed by atoms with E-state index in [1.54, 1.807) is 0 Å². The average Bonchev–Trinajstić information content (AvgIpc) is 2.96.